The molecule has 0 amide bonds. The molecule has 0 spiro atoms. The SMILES string of the molecule is c1ccc(-c2c3ccccc3c(-c3ccc4oc5cc(-c6c7ccccc7c(-c7cccc8sc9ccccc9c78)c7ccccc67)ccc5c4c3)c3ccccc23)cc1. The van der Waals surface area contributed by atoms with Crippen LogP contribution in [0.15, 0.2) is 211 Å². The van der Waals surface area contributed by atoms with E-state index in [0.717, 1.165) is 27.5 Å². The lowest BCUT2D eigenvalue weighted by Gasteiger charge is -2.18. The van der Waals surface area contributed by atoms with Crippen molar-refractivity contribution >= 4 is 96.5 Å². The van der Waals surface area contributed by atoms with Crippen LogP contribution < -0.4 is 0 Å². The molecule has 2 heteroatoms. The van der Waals surface area contributed by atoms with Crippen LogP contribution in [0.1, 0.15) is 0 Å². The van der Waals surface area contributed by atoms with E-state index in [-0.39, 0.29) is 0 Å². The number of benzene rings is 11. The van der Waals surface area contributed by atoms with E-state index in [1.807, 2.05) is 11.3 Å². The standard InChI is InChI=1S/C58H34OS/c1-2-15-35(16-3-1)54-39-17-4-6-19-41(39)55(42-20-7-5-18-40(42)54)36-30-32-50-49(33-36)38-31-29-37(34-51(38)59-50)56-43-21-8-10-23-45(43)57(46-24-11-9-22-44(46)56)48-26-14-28-53-58(48)47-25-12-13-27-52(47)60-53/h1-34H. The Labute approximate surface area is 350 Å². The number of hydrogen-bond acceptors (Lipinski definition) is 2. The van der Waals surface area contributed by atoms with Crippen LogP contribution in [0.5, 0.6) is 0 Å². The van der Waals surface area contributed by atoms with Crippen molar-refractivity contribution in [3.8, 4) is 44.5 Å². The summed E-state index contributed by atoms with van der Waals surface area (Å²) in [6, 6.07) is 75.6. The molecule has 0 radical (unpaired) electrons. The molecule has 60 heavy (non-hydrogen) atoms. The van der Waals surface area contributed by atoms with Gasteiger partial charge in [0.1, 0.15) is 11.2 Å². The molecule has 0 aliphatic heterocycles. The summed E-state index contributed by atoms with van der Waals surface area (Å²) in [6.45, 7) is 0. The molecule has 0 saturated heterocycles. The van der Waals surface area contributed by atoms with E-state index < -0.39 is 0 Å². The predicted molar refractivity (Wildman–Crippen MR) is 258 cm³/mol. The van der Waals surface area contributed by atoms with Crippen LogP contribution in [-0.4, -0.2) is 0 Å². The van der Waals surface area contributed by atoms with Crippen LogP contribution in [0.2, 0.25) is 0 Å². The molecule has 2 aromatic heterocycles. The van der Waals surface area contributed by atoms with Crippen molar-refractivity contribution in [1.82, 2.24) is 0 Å². The minimum absolute atomic E-state index is 0.889. The Hall–Kier alpha value is -7.52. The lowest BCUT2D eigenvalue weighted by atomic mass is 9.85. The van der Waals surface area contributed by atoms with Gasteiger partial charge in [-0.25, -0.2) is 0 Å². The molecule has 0 unspecified atom stereocenters. The largest absolute Gasteiger partial charge is 0.456 e. The van der Waals surface area contributed by atoms with Gasteiger partial charge in [-0.05, 0) is 124 Å². The fourth-order valence-corrected chi connectivity index (χ4v) is 11.3. The summed E-state index contributed by atoms with van der Waals surface area (Å²) < 4.78 is 9.39. The molecule has 278 valence electrons. The maximum absolute atomic E-state index is 6.76. The summed E-state index contributed by atoms with van der Waals surface area (Å²) in [6.07, 6.45) is 0. The molecular formula is C58H34OS. The highest BCUT2D eigenvalue weighted by molar-refractivity contribution is 7.26. The molecule has 13 rings (SSSR count). The third kappa shape index (κ3) is 4.86. The quantitative estimate of drug-likeness (QED) is 0.162. The molecule has 0 bridgehead atoms. The van der Waals surface area contributed by atoms with Crippen LogP contribution in [-0.2, 0) is 0 Å². The summed E-state index contributed by atoms with van der Waals surface area (Å²) in [7, 11) is 0. The Morgan fingerprint density at radius 1 is 0.267 bits per heavy atom. The number of thiophene rings is 1. The molecular weight excluding hydrogens is 745 g/mol. The third-order valence-corrected chi connectivity index (χ3v) is 13.8. The smallest absolute Gasteiger partial charge is 0.136 e. The average molecular weight is 779 g/mol. The molecule has 1 nitrogen and oxygen atoms in total. The number of hydrogen-bond donors (Lipinski definition) is 0. The molecule has 0 fully saturated rings. The highest BCUT2D eigenvalue weighted by atomic mass is 32.1. The van der Waals surface area contributed by atoms with Crippen molar-refractivity contribution < 1.29 is 4.42 Å². The first-order chi connectivity index (χ1) is 29.8. The van der Waals surface area contributed by atoms with Gasteiger partial charge in [0.2, 0.25) is 0 Å². The zero-order valence-corrected chi connectivity index (χ0v) is 33.3. The minimum atomic E-state index is 0.889. The van der Waals surface area contributed by atoms with Gasteiger partial charge in [0.15, 0.2) is 0 Å². The number of fused-ring (bicyclic) bond motifs is 10. The van der Waals surface area contributed by atoms with E-state index in [4.69, 9.17) is 4.42 Å². The summed E-state index contributed by atoms with van der Waals surface area (Å²) in [5.74, 6) is 0. The zero-order chi connectivity index (χ0) is 39.3. The predicted octanol–water partition coefficient (Wildman–Crippen LogP) is 17.2. The van der Waals surface area contributed by atoms with Gasteiger partial charge in [-0.1, -0.05) is 170 Å². The van der Waals surface area contributed by atoms with Crippen molar-refractivity contribution in [3.05, 3.63) is 206 Å². The number of furan rings is 1. The summed E-state index contributed by atoms with van der Waals surface area (Å²) in [5, 5.41) is 14.9. The van der Waals surface area contributed by atoms with Gasteiger partial charge >= 0.3 is 0 Å². The maximum Gasteiger partial charge on any atom is 0.136 e. The van der Waals surface area contributed by atoms with E-state index in [1.54, 1.807) is 0 Å². The monoisotopic (exact) mass is 778 g/mol. The van der Waals surface area contributed by atoms with Gasteiger partial charge in [-0.15, -0.1) is 11.3 Å². The van der Waals surface area contributed by atoms with Gasteiger partial charge in [-0.3, -0.25) is 0 Å². The molecule has 0 saturated carbocycles. The van der Waals surface area contributed by atoms with Gasteiger partial charge in [0, 0.05) is 30.9 Å². The molecule has 0 aliphatic carbocycles. The first-order valence-electron chi connectivity index (χ1n) is 20.6. The van der Waals surface area contributed by atoms with Gasteiger partial charge < -0.3 is 4.42 Å². The number of rotatable bonds is 4. The van der Waals surface area contributed by atoms with Gasteiger partial charge in [0.25, 0.3) is 0 Å². The highest BCUT2D eigenvalue weighted by Crippen LogP contribution is 2.49. The van der Waals surface area contributed by atoms with E-state index in [1.165, 1.54) is 102 Å². The van der Waals surface area contributed by atoms with Crippen LogP contribution in [0.25, 0.3) is 130 Å². The lowest BCUT2D eigenvalue weighted by molar-refractivity contribution is 0.669. The second-order valence-electron chi connectivity index (χ2n) is 15.8. The third-order valence-electron chi connectivity index (χ3n) is 12.6. The Bertz CT molecular complexity index is 3770. The van der Waals surface area contributed by atoms with Crippen molar-refractivity contribution in [3.63, 3.8) is 0 Å². The van der Waals surface area contributed by atoms with E-state index in [9.17, 15) is 0 Å². The zero-order valence-electron chi connectivity index (χ0n) is 32.4. The maximum atomic E-state index is 6.76. The molecule has 0 N–H and O–H groups in total. The van der Waals surface area contributed by atoms with Gasteiger partial charge in [0.05, 0.1) is 0 Å². The lowest BCUT2D eigenvalue weighted by Crippen LogP contribution is -1.91. The van der Waals surface area contributed by atoms with Crippen molar-refractivity contribution in [2.24, 2.45) is 0 Å². The van der Waals surface area contributed by atoms with E-state index in [0.29, 0.717) is 0 Å². The van der Waals surface area contributed by atoms with Crippen molar-refractivity contribution in [1.29, 1.82) is 0 Å². The molecule has 0 atom stereocenters. The molecule has 2 heterocycles. The second kappa shape index (κ2) is 13.0. The Morgan fingerprint density at radius 3 is 1.33 bits per heavy atom. The first-order valence-corrected chi connectivity index (χ1v) is 21.4. The summed E-state index contributed by atoms with van der Waals surface area (Å²) in [5.41, 5.74) is 11.7. The molecule has 0 aliphatic rings. The average Bonchev–Trinajstić information content (AvgIpc) is 3.88. The topological polar surface area (TPSA) is 13.1 Å². The van der Waals surface area contributed by atoms with Crippen molar-refractivity contribution in [2.45, 2.75) is 0 Å². The van der Waals surface area contributed by atoms with E-state index >= 15 is 0 Å². The molecule has 11 aromatic carbocycles. The summed E-state index contributed by atoms with van der Waals surface area (Å²) >= 11 is 1.87. The Balaban J connectivity index is 1.02. The minimum Gasteiger partial charge on any atom is -0.456 e. The fourth-order valence-electron chi connectivity index (χ4n) is 10.2. The second-order valence-corrected chi connectivity index (χ2v) is 16.9. The normalized spacial score (nSPS) is 12.0. The summed E-state index contributed by atoms with van der Waals surface area (Å²) in [4.78, 5) is 0. The Kier molecular flexibility index (Phi) is 7.24. The fraction of sp³-hybridized carbons (Fsp3) is 0. The Morgan fingerprint density at radius 2 is 0.733 bits per heavy atom. The van der Waals surface area contributed by atoms with Crippen LogP contribution in [0, 0.1) is 0 Å². The van der Waals surface area contributed by atoms with E-state index in [2.05, 4.69) is 206 Å². The first kappa shape index (κ1) is 33.5. The highest BCUT2D eigenvalue weighted by Gasteiger charge is 2.22. The van der Waals surface area contributed by atoms with Crippen LogP contribution in [0.4, 0.5) is 0 Å². The van der Waals surface area contributed by atoms with Crippen molar-refractivity contribution in [2.75, 3.05) is 0 Å². The van der Waals surface area contributed by atoms with Gasteiger partial charge in [-0.2, -0.15) is 0 Å². The molecule has 13 aromatic rings. The van der Waals surface area contributed by atoms with Crippen LogP contribution in [0.3, 0.4) is 0 Å². The van der Waals surface area contributed by atoms with Crippen LogP contribution >= 0.6 is 11.3 Å².